The van der Waals surface area contributed by atoms with Crippen LogP contribution in [0, 0.1) is 0 Å². The van der Waals surface area contributed by atoms with Crippen LogP contribution in [0.15, 0.2) is 42.5 Å². The highest BCUT2D eigenvalue weighted by atomic mass is 14.9. The number of hydrogen-bond acceptors (Lipinski definition) is 1. The topological polar surface area (TPSA) is 12.0 Å². The Morgan fingerprint density at radius 1 is 1.08 bits per heavy atom. The number of benzene rings is 2. The van der Waals surface area contributed by atoms with Gasteiger partial charge in [-0.25, -0.2) is 0 Å². The first-order valence-electron chi connectivity index (χ1n) is 9.25. The molecule has 1 heterocycles. The standard InChI is InChI=1S/C22H30BN/c1-7-22(5)15-23(6)18-10-8-9-11-19(18)24-20-14-16(21(2,3)4)12-13-17(20)22/h8-14,24H,7,15H2,1-6H3. The van der Waals surface area contributed by atoms with Crippen LogP contribution in [0.2, 0.25) is 13.1 Å². The molecule has 1 N–H and O–H groups in total. The molecular weight excluding hydrogens is 289 g/mol. The summed E-state index contributed by atoms with van der Waals surface area (Å²) in [5.74, 6) is 0. The van der Waals surface area contributed by atoms with E-state index in [4.69, 9.17) is 0 Å². The third-order valence-electron chi connectivity index (χ3n) is 5.83. The molecule has 0 amide bonds. The van der Waals surface area contributed by atoms with Gasteiger partial charge in [0.1, 0.15) is 0 Å². The van der Waals surface area contributed by atoms with E-state index in [0.717, 1.165) is 6.42 Å². The molecule has 3 rings (SSSR count). The van der Waals surface area contributed by atoms with Crippen molar-refractivity contribution in [2.75, 3.05) is 5.32 Å². The molecule has 0 spiro atoms. The Kier molecular flexibility index (Phi) is 4.27. The van der Waals surface area contributed by atoms with Gasteiger partial charge in [0, 0.05) is 11.4 Å². The molecule has 0 bridgehead atoms. The summed E-state index contributed by atoms with van der Waals surface area (Å²) < 4.78 is 0. The smallest absolute Gasteiger partial charge is 0.176 e. The van der Waals surface area contributed by atoms with E-state index < -0.39 is 0 Å². The maximum absolute atomic E-state index is 3.78. The van der Waals surface area contributed by atoms with Gasteiger partial charge < -0.3 is 5.32 Å². The molecular formula is C22H30BN. The zero-order valence-electron chi connectivity index (χ0n) is 16.0. The maximum Gasteiger partial charge on any atom is 0.176 e. The third-order valence-corrected chi connectivity index (χ3v) is 5.83. The fourth-order valence-electron chi connectivity index (χ4n) is 4.06. The van der Waals surface area contributed by atoms with E-state index in [1.807, 2.05) is 0 Å². The van der Waals surface area contributed by atoms with Gasteiger partial charge >= 0.3 is 0 Å². The molecule has 24 heavy (non-hydrogen) atoms. The van der Waals surface area contributed by atoms with Crippen molar-refractivity contribution < 1.29 is 0 Å². The van der Waals surface area contributed by atoms with E-state index in [1.54, 1.807) is 0 Å². The Hall–Kier alpha value is -1.70. The summed E-state index contributed by atoms with van der Waals surface area (Å²) in [7, 11) is 0. The van der Waals surface area contributed by atoms with Gasteiger partial charge in [-0.1, -0.05) is 83.6 Å². The Morgan fingerprint density at radius 2 is 1.79 bits per heavy atom. The van der Waals surface area contributed by atoms with Crippen molar-refractivity contribution in [3.8, 4) is 0 Å². The molecule has 1 unspecified atom stereocenters. The SMILES string of the molecule is CCC1(C)CB(C)c2ccccc2Nc2cc(C(C)(C)C)ccc21. The van der Waals surface area contributed by atoms with Crippen molar-refractivity contribution in [2.24, 2.45) is 0 Å². The summed E-state index contributed by atoms with van der Waals surface area (Å²) >= 11 is 0. The van der Waals surface area contributed by atoms with Crippen molar-refractivity contribution in [2.45, 2.75) is 65.0 Å². The Balaban J connectivity index is 2.20. The highest BCUT2D eigenvalue weighted by Crippen LogP contribution is 2.41. The predicted octanol–water partition coefficient (Wildman–Crippen LogP) is 5.74. The van der Waals surface area contributed by atoms with Crippen molar-refractivity contribution in [3.05, 3.63) is 53.6 Å². The van der Waals surface area contributed by atoms with E-state index in [2.05, 4.69) is 89.2 Å². The van der Waals surface area contributed by atoms with Crippen LogP contribution in [0.25, 0.3) is 0 Å². The Bertz CT molecular complexity index is 744. The van der Waals surface area contributed by atoms with Gasteiger partial charge in [-0.3, -0.25) is 0 Å². The van der Waals surface area contributed by atoms with E-state index in [9.17, 15) is 0 Å². The lowest BCUT2D eigenvalue weighted by Gasteiger charge is -2.37. The molecule has 0 aromatic heterocycles. The molecule has 0 aliphatic carbocycles. The maximum atomic E-state index is 3.78. The van der Waals surface area contributed by atoms with E-state index in [-0.39, 0.29) is 10.8 Å². The minimum atomic E-state index is 0.161. The normalized spacial score (nSPS) is 20.5. The molecule has 1 atom stereocenters. The first-order chi connectivity index (χ1) is 11.2. The monoisotopic (exact) mass is 319 g/mol. The molecule has 2 aromatic rings. The van der Waals surface area contributed by atoms with E-state index >= 15 is 0 Å². The summed E-state index contributed by atoms with van der Waals surface area (Å²) in [6.45, 7) is 14.5. The van der Waals surface area contributed by atoms with Crippen molar-refractivity contribution >= 4 is 23.6 Å². The number of fused-ring (bicyclic) bond motifs is 2. The van der Waals surface area contributed by atoms with Gasteiger partial charge in [0.05, 0.1) is 0 Å². The van der Waals surface area contributed by atoms with Crippen LogP contribution in [0.4, 0.5) is 11.4 Å². The van der Waals surface area contributed by atoms with Crippen LogP contribution in [0.1, 0.15) is 52.2 Å². The van der Waals surface area contributed by atoms with Crippen molar-refractivity contribution in [3.63, 3.8) is 0 Å². The average Bonchev–Trinajstić information content (AvgIpc) is 2.53. The lowest BCUT2D eigenvalue weighted by Crippen LogP contribution is -2.38. The highest BCUT2D eigenvalue weighted by molar-refractivity contribution is 6.73. The van der Waals surface area contributed by atoms with E-state index in [0.29, 0.717) is 6.71 Å². The van der Waals surface area contributed by atoms with Crippen LogP contribution in [0.3, 0.4) is 0 Å². The van der Waals surface area contributed by atoms with Gasteiger partial charge in [0.25, 0.3) is 0 Å². The molecule has 1 aliphatic heterocycles. The van der Waals surface area contributed by atoms with Crippen LogP contribution in [-0.2, 0) is 10.8 Å². The summed E-state index contributed by atoms with van der Waals surface area (Å²) in [5.41, 5.74) is 7.18. The molecule has 0 radical (unpaired) electrons. The van der Waals surface area contributed by atoms with Crippen LogP contribution >= 0.6 is 0 Å². The first-order valence-corrected chi connectivity index (χ1v) is 9.25. The first kappa shape index (κ1) is 17.1. The quantitative estimate of drug-likeness (QED) is 0.661. The zero-order chi connectivity index (χ0) is 17.5. The number of rotatable bonds is 1. The Morgan fingerprint density at radius 3 is 2.46 bits per heavy atom. The largest absolute Gasteiger partial charge is 0.356 e. The fourth-order valence-corrected chi connectivity index (χ4v) is 4.06. The third kappa shape index (κ3) is 2.99. The van der Waals surface area contributed by atoms with Gasteiger partial charge in [0.15, 0.2) is 6.71 Å². The van der Waals surface area contributed by atoms with E-state index in [1.165, 1.54) is 34.3 Å². The summed E-state index contributed by atoms with van der Waals surface area (Å²) in [4.78, 5) is 0. The second-order valence-electron chi connectivity index (χ2n) is 8.74. The number of anilines is 2. The molecule has 126 valence electrons. The van der Waals surface area contributed by atoms with Crippen LogP contribution in [0.5, 0.6) is 0 Å². The second-order valence-corrected chi connectivity index (χ2v) is 8.74. The molecule has 1 aliphatic rings. The van der Waals surface area contributed by atoms with Gasteiger partial charge in [-0.15, -0.1) is 0 Å². The minimum absolute atomic E-state index is 0.161. The van der Waals surface area contributed by atoms with Gasteiger partial charge in [-0.2, -0.15) is 0 Å². The van der Waals surface area contributed by atoms with Crippen molar-refractivity contribution in [1.82, 2.24) is 0 Å². The predicted molar refractivity (Wildman–Crippen MR) is 109 cm³/mol. The lowest BCUT2D eigenvalue weighted by atomic mass is 9.39. The molecule has 2 aromatic carbocycles. The fraction of sp³-hybridized carbons (Fsp3) is 0.455. The number of nitrogens with one attached hydrogen (secondary N) is 1. The summed E-state index contributed by atoms with van der Waals surface area (Å²) in [6, 6.07) is 15.9. The number of hydrogen-bond donors (Lipinski definition) is 1. The second kappa shape index (κ2) is 5.99. The van der Waals surface area contributed by atoms with Crippen LogP contribution in [-0.4, -0.2) is 6.71 Å². The summed E-state index contributed by atoms with van der Waals surface area (Å²) in [5, 5.41) is 3.78. The molecule has 0 saturated carbocycles. The Labute approximate surface area is 148 Å². The summed E-state index contributed by atoms with van der Waals surface area (Å²) in [6.07, 6.45) is 2.34. The van der Waals surface area contributed by atoms with Crippen molar-refractivity contribution in [1.29, 1.82) is 0 Å². The molecule has 0 saturated heterocycles. The zero-order valence-corrected chi connectivity index (χ0v) is 16.0. The average molecular weight is 319 g/mol. The van der Waals surface area contributed by atoms with Gasteiger partial charge in [-0.05, 0) is 40.5 Å². The lowest BCUT2D eigenvalue weighted by molar-refractivity contribution is 0.502. The molecule has 1 nitrogen and oxygen atoms in total. The van der Waals surface area contributed by atoms with Crippen LogP contribution < -0.4 is 10.8 Å². The van der Waals surface area contributed by atoms with Gasteiger partial charge in [0.2, 0.25) is 0 Å². The minimum Gasteiger partial charge on any atom is -0.356 e. The molecule has 0 fully saturated rings. The number of para-hydroxylation sites is 1. The molecule has 2 heteroatoms. The highest BCUT2D eigenvalue weighted by Gasteiger charge is 2.34.